The molecule has 0 rings (SSSR count). The summed E-state index contributed by atoms with van der Waals surface area (Å²) in [7, 11) is 4.54. The van der Waals surface area contributed by atoms with Crippen molar-refractivity contribution in [1.29, 1.82) is 0 Å². The van der Waals surface area contributed by atoms with Crippen molar-refractivity contribution in [3.63, 3.8) is 0 Å². The zero-order valence-electron chi connectivity index (χ0n) is 23.5. The number of aliphatic carboxylic acids is 1. The van der Waals surface area contributed by atoms with Gasteiger partial charge in [0.05, 0.1) is 0 Å². The summed E-state index contributed by atoms with van der Waals surface area (Å²) >= 11 is 0. The van der Waals surface area contributed by atoms with Crippen molar-refractivity contribution in [2.24, 2.45) is 0 Å². The summed E-state index contributed by atoms with van der Waals surface area (Å²) in [4.78, 5) is 12.9. The monoisotopic (exact) mass is 479 g/mol. The minimum Gasteiger partial charge on any atom is -0.481 e. The first kappa shape index (κ1) is 33.2. The number of allylic oxidation sites excluding steroid dienone is 2. The zero-order chi connectivity index (χ0) is 25.1. The average molecular weight is 480 g/mol. The quantitative estimate of drug-likeness (QED) is 0.0941. The van der Waals surface area contributed by atoms with Crippen LogP contribution in [0.1, 0.15) is 161 Å². The maximum Gasteiger partial charge on any atom is 0.303 e. The molecule has 0 aromatic carbocycles. The van der Waals surface area contributed by atoms with E-state index in [4.69, 9.17) is 5.11 Å². The lowest BCUT2D eigenvalue weighted by Gasteiger charge is -2.24. The van der Waals surface area contributed by atoms with E-state index < -0.39 is 5.97 Å². The van der Waals surface area contributed by atoms with Gasteiger partial charge in [-0.2, -0.15) is 0 Å². The molecule has 0 aliphatic rings. The lowest BCUT2D eigenvalue weighted by molar-refractivity contribution is -0.137. The third-order valence-corrected chi connectivity index (χ3v) is 7.21. The molecule has 0 aromatic rings. The molecule has 0 aliphatic heterocycles. The van der Waals surface area contributed by atoms with Crippen LogP contribution in [0.3, 0.4) is 0 Å². The van der Waals surface area contributed by atoms with Crippen LogP contribution in [0.4, 0.5) is 0 Å². The Labute approximate surface area is 214 Å². The van der Waals surface area contributed by atoms with E-state index in [1.165, 1.54) is 135 Å². The summed E-state index contributed by atoms with van der Waals surface area (Å²) < 4.78 is 0. The second-order valence-corrected chi connectivity index (χ2v) is 10.8. The summed E-state index contributed by atoms with van der Waals surface area (Å²) in [5, 5.41) is 8.61. The van der Waals surface area contributed by atoms with Crippen molar-refractivity contribution >= 4 is 5.97 Å². The van der Waals surface area contributed by atoms with Gasteiger partial charge in [0.2, 0.25) is 0 Å². The maximum atomic E-state index is 10.5. The molecule has 0 bridgehead atoms. The van der Waals surface area contributed by atoms with Gasteiger partial charge in [-0.3, -0.25) is 4.79 Å². The van der Waals surface area contributed by atoms with Gasteiger partial charge in [0.25, 0.3) is 0 Å². The van der Waals surface area contributed by atoms with Crippen LogP contribution in [-0.4, -0.2) is 36.1 Å². The van der Waals surface area contributed by atoms with Crippen molar-refractivity contribution < 1.29 is 9.90 Å². The number of carbonyl (C=O) groups is 1. The molecule has 0 aromatic heterocycles. The smallest absolute Gasteiger partial charge is 0.303 e. The Hall–Kier alpha value is -0.830. The fourth-order valence-electron chi connectivity index (χ4n) is 4.83. The van der Waals surface area contributed by atoms with Crippen LogP contribution >= 0.6 is 0 Å². The molecule has 0 aliphatic carbocycles. The number of carboxylic acid groups (broad SMARTS) is 1. The van der Waals surface area contributed by atoms with Gasteiger partial charge < -0.3 is 10.0 Å². The number of unbranched alkanes of at least 4 members (excludes halogenated alkanes) is 18. The van der Waals surface area contributed by atoms with Gasteiger partial charge in [-0.15, -0.1) is 0 Å². The van der Waals surface area contributed by atoms with E-state index in [0.717, 1.165) is 18.9 Å². The molecule has 0 saturated heterocycles. The zero-order valence-corrected chi connectivity index (χ0v) is 23.5. The summed E-state index contributed by atoms with van der Waals surface area (Å²) in [5.74, 6) is -0.661. The molecule has 0 heterocycles. The second-order valence-electron chi connectivity index (χ2n) is 10.8. The van der Waals surface area contributed by atoms with E-state index in [0.29, 0.717) is 6.42 Å². The highest BCUT2D eigenvalue weighted by Gasteiger charge is 2.10. The van der Waals surface area contributed by atoms with E-state index in [2.05, 4.69) is 38.1 Å². The predicted octanol–water partition coefficient (Wildman–Crippen LogP) is 9.94. The topological polar surface area (TPSA) is 40.5 Å². The first-order chi connectivity index (χ1) is 16.6. The van der Waals surface area contributed by atoms with Crippen molar-refractivity contribution in [2.45, 2.75) is 167 Å². The molecule has 0 radical (unpaired) electrons. The van der Waals surface area contributed by atoms with Gasteiger partial charge in [0, 0.05) is 12.5 Å². The third kappa shape index (κ3) is 25.8. The molecular weight excluding hydrogens is 418 g/mol. The largest absolute Gasteiger partial charge is 0.481 e. The number of nitrogens with zero attached hydrogens (tertiary/aromatic N) is 1. The molecular formula is C31H61NO2. The summed E-state index contributed by atoms with van der Waals surface area (Å²) in [5.41, 5.74) is 0. The highest BCUT2D eigenvalue weighted by atomic mass is 16.4. The Morgan fingerprint density at radius 3 is 1.41 bits per heavy atom. The minimum atomic E-state index is -0.661. The first-order valence-corrected chi connectivity index (χ1v) is 15.1. The third-order valence-electron chi connectivity index (χ3n) is 7.21. The lowest BCUT2D eigenvalue weighted by Crippen LogP contribution is -2.27. The van der Waals surface area contributed by atoms with Crippen LogP contribution in [0.15, 0.2) is 12.2 Å². The second kappa shape index (κ2) is 26.8. The molecule has 0 fully saturated rings. The van der Waals surface area contributed by atoms with Crippen LogP contribution in [0.2, 0.25) is 0 Å². The number of carboxylic acids is 1. The molecule has 34 heavy (non-hydrogen) atoms. The fraction of sp³-hybridized carbons (Fsp3) is 0.903. The van der Waals surface area contributed by atoms with E-state index in [9.17, 15) is 4.79 Å². The summed E-state index contributed by atoms with van der Waals surface area (Å²) in [6, 6.07) is 0.794. The first-order valence-electron chi connectivity index (χ1n) is 15.1. The van der Waals surface area contributed by atoms with Crippen LogP contribution in [0.25, 0.3) is 0 Å². The molecule has 202 valence electrons. The van der Waals surface area contributed by atoms with Crippen LogP contribution < -0.4 is 0 Å². The van der Waals surface area contributed by atoms with Crippen molar-refractivity contribution in [3.8, 4) is 0 Å². The summed E-state index contributed by atoms with van der Waals surface area (Å²) in [6.07, 6.45) is 35.5. The maximum absolute atomic E-state index is 10.5. The molecule has 0 amide bonds. The molecule has 1 N–H and O–H groups in total. The van der Waals surface area contributed by atoms with E-state index >= 15 is 0 Å². The number of hydrogen-bond donors (Lipinski definition) is 1. The van der Waals surface area contributed by atoms with Crippen LogP contribution in [0, 0.1) is 0 Å². The Bertz CT molecular complexity index is 447. The van der Waals surface area contributed by atoms with Gasteiger partial charge in [0.15, 0.2) is 0 Å². The Morgan fingerprint density at radius 1 is 0.618 bits per heavy atom. The number of rotatable bonds is 27. The molecule has 1 atom stereocenters. The van der Waals surface area contributed by atoms with Crippen LogP contribution in [-0.2, 0) is 4.79 Å². The van der Waals surface area contributed by atoms with Gasteiger partial charge >= 0.3 is 5.97 Å². The van der Waals surface area contributed by atoms with Crippen molar-refractivity contribution in [1.82, 2.24) is 4.90 Å². The van der Waals surface area contributed by atoms with Gasteiger partial charge in [-0.25, -0.2) is 0 Å². The summed E-state index contributed by atoms with van der Waals surface area (Å²) in [6.45, 7) is 2.29. The SMILES string of the molecule is CCCCCCCCC(CCCCCCCCCCC=CCCCCCCCC(=O)O)N(C)C. The molecule has 0 spiro atoms. The lowest BCUT2D eigenvalue weighted by atomic mass is 9.99. The predicted molar refractivity (Wildman–Crippen MR) is 151 cm³/mol. The average Bonchev–Trinajstić information content (AvgIpc) is 2.80. The fourth-order valence-corrected chi connectivity index (χ4v) is 4.83. The Morgan fingerprint density at radius 2 is 1.00 bits per heavy atom. The highest BCUT2D eigenvalue weighted by Crippen LogP contribution is 2.17. The Balaban J connectivity index is 3.38. The standard InChI is InChI=1S/C31H61NO2/c1-4-5-6-7-21-24-27-30(32(2)3)28-25-22-19-17-15-13-11-9-8-10-12-14-16-18-20-23-26-29-31(33)34/h10,12,30H,4-9,11,13-29H2,1-3H3,(H,33,34). The van der Waals surface area contributed by atoms with Crippen molar-refractivity contribution in [3.05, 3.63) is 12.2 Å². The minimum absolute atomic E-state index is 0.330. The molecule has 1 unspecified atom stereocenters. The van der Waals surface area contributed by atoms with Crippen molar-refractivity contribution in [2.75, 3.05) is 14.1 Å². The van der Waals surface area contributed by atoms with Gasteiger partial charge in [0.1, 0.15) is 0 Å². The van der Waals surface area contributed by atoms with Crippen LogP contribution in [0.5, 0.6) is 0 Å². The molecule has 3 nitrogen and oxygen atoms in total. The molecule has 0 saturated carbocycles. The van der Waals surface area contributed by atoms with E-state index in [1.54, 1.807) is 0 Å². The van der Waals surface area contributed by atoms with Gasteiger partial charge in [-0.05, 0) is 59.0 Å². The number of hydrogen-bond acceptors (Lipinski definition) is 2. The highest BCUT2D eigenvalue weighted by molar-refractivity contribution is 5.66. The Kier molecular flexibility index (Phi) is 26.1. The van der Waals surface area contributed by atoms with E-state index in [1.807, 2.05) is 0 Å². The normalized spacial score (nSPS) is 12.7. The van der Waals surface area contributed by atoms with Gasteiger partial charge in [-0.1, -0.05) is 122 Å². The van der Waals surface area contributed by atoms with E-state index in [-0.39, 0.29) is 0 Å². The molecule has 3 heteroatoms.